The van der Waals surface area contributed by atoms with Crippen molar-refractivity contribution in [2.75, 3.05) is 12.4 Å². The molecular formula is C29H33FO8S. The molecule has 4 saturated carbocycles. The zero-order chi connectivity index (χ0) is 28.1. The highest BCUT2D eigenvalue weighted by Crippen LogP contribution is 2.63. The summed E-state index contributed by atoms with van der Waals surface area (Å²) >= 11 is 0. The summed E-state index contributed by atoms with van der Waals surface area (Å²) in [6.07, 6.45) is 3.66. The molecule has 39 heavy (non-hydrogen) atoms. The Balaban J connectivity index is 1.32. The maximum absolute atomic E-state index is 14.7. The van der Waals surface area contributed by atoms with Crippen LogP contribution in [0.2, 0.25) is 0 Å². The van der Waals surface area contributed by atoms with Gasteiger partial charge in [0.15, 0.2) is 11.6 Å². The Morgan fingerprint density at radius 1 is 1.05 bits per heavy atom. The Kier molecular flexibility index (Phi) is 6.99. The Morgan fingerprint density at radius 3 is 2.36 bits per heavy atom. The van der Waals surface area contributed by atoms with Gasteiger partial charge in [-0.05, 0) is 81.5 Å². The second-order valence-corrected chi connectivity index (χ2v) is 13.4. The van der Waals surface area contributed by atoms with Crippen LogP contribution in [0.4, 0.5) is 4.39 Å². The highest BCUT2D eigenvalue weighted by atomic mass is 32.2. The maximum Gasteiger partial charge on any atom is 0.338 e. The lowest BCUT2D eigenvalue weighted by atomic mass is 9.48. The molecule has 4 aliphatic carbocycles. The van der Waals surface area contributed by atoms with Gasteiger partial charge in [-0.2, -0.15) is 8.42 Å². The number of carbonyl (C=O) groups excluding carboxylic acids is 2. The highest BCUT2D eigenvalue weighted by molar-refractivity contribution is 7.85. The summed E-state index contributed by atoms with van der Waals surface area (Å²) in [4.78, 5) is 26.5. The minimum Gasteiger partial charge on any atom is -0.480 e. The first kappa shape index (κ1) is 27.6. The van der Waals surface area contributed by atoms with Crippen molar-refractivity contribution in [1.82, 2.24) is 0 Å². The molecule has 2 atom stereocenters. The molecule has 2 unspecified atom stereocenters. The SMILES string of the molecule is CC(C)(Oc1cc(C(=O)OC23CC4CC(C2)CC(C(=O)OCCS(=O)(=O)O)(C4)C3)ccc1F)c1ccccc1. The van der Waals surface area contributed by atoms with Gasteiger partial charge in [0.2, 0.25) is 0 Å². The number of ether oxygens (including phenoxy) is 3. The molecule has 0 aromatic heterocycles. The molecule has 4 fully saturated rings. The van der Waals surface area contributed by atoms with Gasteiger partial charge in [-0.1, -0.05) is 30.3 Å². The lowest BCUT2D eigenvalue weighted by molar-refractivity contribution is -0.196. The minimum absolute atomic E-state index is 0.0669. The summed E-state index contributed by atoms with van der Waals surface area (Å²) < 4.78 is 63.2. The normalized spacial score (nSPS) is 27.7. The van der Waals surface area contributed by atoms with Crippen LogP contribution in [0, 0.1) is 23.1 Å². The van der Waals surface area contributed by atoms with Crippen LogP contribution in [0.5, 0.6) is 5.75 Å². The zero-order valence-electron chi connectivity index (χ0n) is 22.0. The van der Waals surface area contributed by atoms with Crippen LogP contribution in [-0.2, 0) is 30.0 Å². The van der Waals surface area contributed by atoms with E-state index in [-0.39, 0.29) is 29.6 Å². The van der Waals surface area contributed by atoms with Crippen molar-refractivity contribution in [2.24, 2.45) is 17.3 Å². The third-order valence-corrected chi connectivity index (χ3v) is 9.01. The summed E-state index contributed by atoms with van der Waals surface area (Å²) in [6, 6.07) is 13.3. The molecule has 0 saturated heterocycles. The molecule has 2 aromatic carbocycles. The first-order valence-corrected chi connectivity index (χ1v) is 14.8. The molecular weight excluding hydrogens is 527 g/mol. The van der Waals surface area contributed by atoms with Crippen LogP contribution in [0.25, 0.3) is 0 Å². The Labute approximate surface area is 227 Å². The van der Waals surface area contributed by atoms with E-state index in [9.17, 15) is 22.4 Å². The van der Waals surface area contributed by atoms with Gasteiger partial charge in [0, 0.05) is 6.42 Å². The Morgan fingerprint density at radius 2 is 1.72 bits per heavy atom. The molecule has 0 spiro atoms. The number of benzene rings is 2. The van der Waals surface area contributed by atoms with Gasteiger partial charge < -0.3 is 14.2 Å². The van der Waals surface area contributed by atoms with Crippen LogP contribution < -0.4 is 4.74 Å². The van der Waals surface area contributed by atoms with E-state index in [2.05, 4.69) is 0 Å². The third kappa shape index (κ3) is 5.82. The van der Waals surface area contributed by atoms with Crippen molar-refractivity contribution >= 4 is 22.1 Å². The van der Waals surface area contributed by atoms with E-state index < -0.39 is 56.9 Å². The molecule has 4 bridgehead atoms. The van der Waals surface area contributed by atoms with Gasteiger partial charge >= 0.3 is 11.9 Å². The van der Waals surface area contributed by atoms with Crippen molar-refractivity contribution in [3.63, 3.8) is 0 Å². The molecule has 6 rings (SSSR count). The third-order valence-electron chi connectivity index (χ3n) is 8.33. The van der Waals surface area contributed by atoms with Gasteiger partial charge in [-0.15, -0.1) is 0 Å². The van der Waals surface area contributed by atoms with Crippen molar-refractivity contribution < 1.29 is 41.2 Å². The van der Waals surface area contributed by atoms with E-state index in [1.807, 2.05) is 44.2 Å². The molecule has 1 N–H and O–H groups in total. The summed E-state index contributed by atoms with van der Waals surface area (Å²) in [6.45, 7) is 3.20. The van der Waals surface area contributed by atoms with Gasteiger partial charge in [0.25, 0.3) is 10.1 Å². The van der Waals surface area contributed by atoms with E-state index >= 15 is 0 Å². The molecule has 4 aliphatic rings. The van der Waals surface area contributed by atoms with Crippen LogP contribution in [0.1, 0.15) is 68.3 Å². The molecule has 10 heteroatoms. The number of carbonyl (C=O) groups is 2. The molecule has 0 radical (unpaired) electrons. The summed E-state index contributed by atoms with van der Waals surface area (Å²) in [5.74, 6) is -2.12. The van der Waals surface area contributed by atoms with E-state index in [1.54, 1.807) is 0 Å². The largest absolute Gasteiger partial charge is 0.480 e. The average Bonchev–Trinajstić information content (AvgIpc) is 2.84. The van der Waals surface area contributed by atoms with E-state index in [0.29, 0.717) is 25.7 Å². The summed E-state index contributed by atoms with van der Waals surface area (Å²) in [7, 11) is -4.25. The number of hydrogen-bond donors (Lipinski definition) is 1. The lowest BCUT2D eigenvalue weighted by Crippen LogP contribution is -2.60. The lowest BCUT2D eigenvalue weighted by Gasteiger charge is -2.59. The smallest absolute Gasteiger partial charge is 0.338 e. The van der Waals surface area contributed by atoms with Crippen molar-refractivity contribution in [2.45, 2.75) is 63.6 Å². The summed E-state index contributed by atoms with van der Waals surface area (Å²) in [5, 5.41) is 0. The standard InChI is InChI=1S/C29H33FO8S/c1-27(2,22-6-4-3-5-7-22)37-24-13-21(8-9-23(24)30)25(31)38-29-16-19-12-20(17-29)15-28(14-19,18-29)26(32)36-10-11-39(33,34)35/h3-9,13,19-20H,10-12,14-18H2,1-2H3,(H,33,34,35). The minimum atomic E-state index is -4.25. The summed E-state index contributed by atoms with van der Waals surface area (Å²) in [5.41, 5.74) is -1.58. The first-order valence-electron chi connectivity index (χ1n) is 13.2. The van der Waals surface area contributed by atoms with Gasteiger partial charge in [-0.3, -0.25) is 9.35 Å². The van der Waals surface area contributed by atoms with Gasteiger partial charge in [0.1, 0.15) is 23.6 Å². The van der Waals surface area contributed by atoms with Gasteiger partial charge in [0.05, 0.1) is 11.0 Å². The van der Waals surface area contributed by atoms with Crippen molar-refractivity contribution in [3.8, 4) is 5.75 Å². The van der Waals surface area contributed by atoms with E-state index in [1.165, 1.54) is 18.2 Å². The molecule has 0 amide bonds. The highest BCUT2D eigenvalue weighted by Gasteiger charge is 2.63. The number of hydrogen-bond acceptors (Lipinski definition) is 7. The van der Waals surface area contributed by atoms with E-state index in [4.69, 9.17) is 18.8 Å². The fourth-order valence-corrected chi connectivity index (χ4v) is 7.36. The first-order chi connectivity index (χ1) is 18.3. The second-order valence-electron chi connectivity index (χ2n) is 11.9. The van der Waals surface area contributed by atoms with Crippen molar-refractivity contribution in [1.29, 1.82) is 0 Å². The molecule has 0 heterocycles. The predicted octanol–water partition coefficient (Wildman–Crippen LogP) is 5.07. The van der Waals surface area contributed by atoms with Crippen LogP contribution in [-0.4, -0.2) is 42.9 Å². The average molecular weight is 561 g/mol. The quantitative estimate of drug-likeness (QED) is 0.334. The molecule has 8 nitrogen and oxygen atoms in total. The Hall–Kier alpha value is -2.98. The molecule has 0 aliphatic heterocycles. The van der Waals surface area contributed by atoms with Crippen LogP contribution in [0.3, 0.4) is 0 Å². The topological polar surface area (TPSA) is 116 Å². The number of esters is 2. The molecule has 2 aromatic rings. The second kappa shape index (κ2) is 9.89. The monoisotopic (exact) mass is 560 g/mol. The maximum atomic E-state index is 14.7. The van der Waals surface area contributed by atoms with Crippen LogP contribution in [0.15, 0.2) is 48.5 Å². The van der Waals surface area contributed by atoms with Gasteiger partial charge in [-0.25, -0.2) is 9.18 Å². The fraction of sp³-hybridized carbons (Fsp3) is 0.517. The van der Waals surface area contributed by atoms with Crippen LogP contribution >= 0.6 is 0 Å². The fourth-order valence-electron chi connectivity index (χ4n) is 7.07. The Bertz CT molecular complexity index is 1360. The van der Waals surface area contributed by atoms with E-state index in [0.717, 1.165) is 12.0 Å². The number of rotatable bonds is 9. The number of halogens is 1. The predicted molar refractivity (Wildman–Crippen MR) is 139 cm³/mol. The zero-order valence-corrected chi connectivity index (χ0v) is 22.8. The van der Waals surface area contributed by atoms with Crippen molar-refractivity contribution in [3.05, 3.63) is 65.5 Å². The molecule has 210 valence electrons.